The lowest BCUT2D eigenvalue weighted by Gasteiger charge is -2.26. The van der Waals surface area contributed by atoms with E-state index in [9.17, 15) is 4.79 Å². The van der Waals surface area contributed by atoms with Crippen LogP contribution in [0.5, 0.6) is 0 Å². The van der Waals surface area contributed by atoms with E-state index >= 15 is 0 Å². The second-order valence-electron chi connectivity index (χ2n) is 7.60. The zero-order valence-electron chi connectivity index (χ0n) is 16.4. The Bertz CT molecular complexity index is 733. The van der Waals surface area contributed by atoms with Crippen LogP contribution in [-0.2, 0) is 17.9 Å². The molecule has 0 spiro atoms. The number of aryl methyl sites for hydroxylation is 1. The summed E-state index contributed by atoms with van der Waals surface area (Å²) in [7, 11) is 2.00. The number of nitrogens with one attached hydrogen (secondary N) is 1. The SMILES string of the molecule is CCn1c(CN(C)[C@H](C)C(=O)NCC2CCCCC2)nc2ccccc21. The zero-order valence-corrected chi connectivity index (χ0v) is 16.4. The van der Waals surface area contributed by atoms with Gasteiger partial charge in [0, 0.05) is 13.1 Å². The quantitative estimate of drug-likeness (QED) is 0.825. The minimum absolute atomic E-state index is 0.122. The molecule has 1 aromatic carbocycles. The Balaban J connectivity index is 1.59. The van der Waals surface area contributed by atoms with Crippen LogP contribution in [0.25, 0.3) is 11.0 Å². The minimum Gasteiger partial charge on any atom is -0.354 e. The Morgan fingerprint density at radius 1 is 1.31 bits per heavy atom. The molecule has 142 valence electrons. The van der Waals surface area contributed by atoms with Gasteiger partial charge in [-0.25, -0.2) is 4.98 Å². The maximum absolute atomic E-state index is 12.6. The molecule has 1 fully saturated rings. The predicted octanol–water partition coefficient (Wildman–Crippen LogP) is 3.57. The van der Waals surface area contributed by atoms with Gasteiger partial charge in [-0.05, 0) is 51.8 Å². The molecule has 0 saturated heterocycles. The van der Waals surface area contributed by atoms with Crippen LogP contribution in [0.15, 0.2) is 24.3 Å². The fourth-order valence-electron chi connectivity index (χ4n) is 3.94. The number of nitrogens with zero attached hydrogens (tertiary/aromatic N) is 3. The van der Waals surface area contributed by atoms with Gasteiger partial charge in [-0.15, -0.1) is 0 Å². The summed E-state index contributed by atoms with van der Waals surface area (Å²) >= 11 is 0. The van der Waals surface area contributed by atoms with Gasteiger partial charge in [-0.1, -0.05) is 31.4 Å². The maximum Gasteiger partial charge on any atom is 0.237 e. The first-order valence-corrected chi connectivity index (χ1v) is 10.0. The van der Waals surface area contributed by atoms with Crippen molar-refractivity contribution in [2.45, 2.75) is 65.1 Å². The number of imidazole rings is 1. The van der Waals surface area contributed by atoms with E-state index in [2.05, 4.69) is 27.8 Å². The lowest BCUT2D eigenvalue weighted by Crippen LogP contribution is -2.44. The van der Waals surface area contributed by atoms with Crippen LogP contribution in [0.2, 0.25) is 0 Å². The van der Waals surface area contributed by atoms with Gasteiger partial charge in [0.1, 0.15) is 5.82 Å². The Morgan fingerprint density at radius 2 is 2.04 bits per heavy atom. The summed E-state index contributed by atoms with van der Waals surface area (Å²) in [4.78, 5) is 19.4. The lowest BCUT2D eigenvalue weighted by molar-refractivity contribution is -0.125. The molecule has 1 amide bonds. The number of carbonyl (C=O) groups is 1. The number of carbonyl (C=O) groups excluding carboxylic acids is 1. The van der Waals surface area contributed by atoms with Crippen LogP contribution in [0.3, 0.4) is 0 Å². The number of benzene rings is 1. The molecule has 1 aliphatic carbocycles. The fourth-order valence-corrected chi connectivity index (χ4v) is 3.94. The van der Waals surface area contributed by atoms with Crippen LogP contribution in [-0.4, -0.2) is 40.0 Å². The van der Waals surface area contributed by atoms with E-state index in [4.69, 9.17) is 4.98 Å². The first kappa shape index (κ1) is 18.9. The van der Waals surface area contributed by atoms with Crippen molar-refractivity contribution in [1.29, 1.82) is 0 Å². The van der Waals surface area contributed by atoms with Crippen LogP contribution >= 0.6 is 0 Å². The summed E-state index contributed by atoms with van der Waals surface area (Å²) in [6.45, 7) is 6.49. The Labute approximate surface area is 156 Å². The van der Waals surface area contributed by atoms with Crippen molar-refractivity contribution < 1.29 is 4.79 Å². The Hall–Kier alpha value is -1.88. The number of likely N-dealkylation sites (N-methyl/N-ethyl adjacent to an activating group) is 1. The molecule has 1 atom stereocenters. The summed E-state index contributed by atoms with van der Waals surface area (Å²) in [5.74, 6) is 1.80. The Morgan fingerprint density at radius 3 is 2.77 bits per heavy atom. The largest absolute Gasteiger partial charge is 0.354 e. The predicted molar refractivity (Wildman–Crippen MR) is 106 cm³/mol. The van der Waals surface area contributed by atoms with Gasteiger partial charge in [-0.2, -0.15) is 0 Å². The molecule has 0 bridgehead atoms. The highest BCUT2D eigenvalue weighted by Gasteiger charge is 2.22. The molecule has 0 radical (unpaired) electrons. The van der Waals surface area contributed by atoms with E-state index in [-0.39, 0.29) is 11.9 Å². The molecule has 1 saturated carbocycles. The number of hydrogen-bond acceptors (Lipinski definition) is 3. The molecule has 26 heavy (non-hydrogen) atoms. The molecular weight excluding hydrogens is 324 g/mol. The minimum atomic E-state index is -0.163. The highest BCUT2D eigenvalue weighted by molar-refractivity contribution is 5.81. The molecule has 5 nitrogen and oxygen atoms in total. The molecule has 1 aliphatic rings. The van der Waals surface area contributed by atoms with Gasteiger partial charge in [0.05, 0.1) is 23.6 Å². The Kier molecular flexibility index (Phi) is 6.30. The zero-order chi connectivity index (χ0) is 18.5. The van der Waals surface area contributed by atoms with Crippen molar-refractivity contribution in [3.8, 4) is 0 Å². The van der Waals surface area contributed by atoms with Crippen molar-refractivity contribution in [2.24, 2.45) is 5.92 Å². The molecule has 3 rings (SSSR count). The summed E-state index contributed by atoms with van der Waals surface area (Å²) in [5, 5.41) is 3.17. The summed E-state index contributed by atoms with van der Waals surface area (Å²) in [6.07, 6.45) is 6.48. The first-order chi connectivity index (χ1) is 12.6. The molecule has 1 aromatic heterocycles. The molecule has 0 unspecified atom stereocenters. The number of hydrogen-bond donors (Lipinski definition) is 1. The third-order valence-electron chi connectivity index (χ3n) is 5.77. The molecule has 1 N–H and O–H groups in total. The summed E-state index contributed by atoms with van der Waals surface area (Å²) < 4.78 is 2.23. The van der Waals surface area contributed by atoms with E-state index in [1.807, 2.05) is 32.2 Å². The third kappa shape index (κ3) is 4.26. The van der Waals surface area contributed by atoms with Crippen molar-refractivity contribution in [3.63, 3.8) is 0 Å². The monoisotopic (exact) mass is 356 g/mol. The summed E-state index contributed by atoms with van der Waals surface area (Å²) in [6, 6.07) is 8.06. The lowest BCUT2D eigenvalue weighted by atomic mass is 9.89. The van der Waals surface area contributed by atoms with Crippen LogP contribution in [0.4, 0.5) is 0 Å². The van der Waals surface area contributed by atoms with Crippen molar-refractivity contribution in [3.05, 3.63) is 30.1 Å². The van der Waals surface area contributed by atoms with Gasteiger partial charge >= 0.3 is 0 Å². The van der Waals surface area contributed by atoms with Crippen LogP contribution in [0, 0.1) is 5.92 Å². The molecule has 2 aromatic rings. The van der Waals surface area contributed by atoms with Gasteiger partial charge in [0.2, 0.25) is 5.91 Å². The smallest absolute Gasteiger partial charge is 0.237 e. The van der Waals surface area contributed by atoms with Crippen LogP contribution in [0.1, 0.15) is 51.8 Å². The number of rotatable bonds is 7. The fraction of sp³-hybridized carbons (Fsp3) is 0.619. The highest BCUT2D eigenvalue weighted by Crippen LogP contribution is 2.23. The second kappa shape index (κ2) is 8.67. The number of fused-ring (bicyclic) bond motifs is 1. The molecule has 0 aliphatic heterocycles. The topological polar surface area (TPSA) is 50.2 Å². The number of para-hydroxylation sites is 2. The molecule has 5 heteroatoms. The second-order valence-corrected chi connectivity index (χ2v) is 7.60. The third-order valence-corrected chi connectivity index (χ3v) is 5.77. The maximum atomic E-state index is 12.6. The highest BCUT2D eigenvalue weighted by atomic mass is 16.2. The van der Waals surface area contributed by atoms with Gasteiger partial charge in [0.15, 0.2) is 0 Å². The van der Waals surface area contributed by atoms with E-state index in [1.54, 1.807) is 0 Å². The number of aromatic nitrogens is 2. The van der Waals surface area contributed by atoms with Gasteiger partial charge in [-0.3, -0.25) is 9.69 Å². The van der Waals surface area contributed by atoms with Crippen molar-refractivity contribution in [2.75, 3.05) is 13.6 Å². The normalized spacial score (nSPS) is 16.9. The standard InChI is InChI=1S/C21H32N4O/c1-4-25-19-13-9-8-12-18(19)23-20(25)15-24(3)16(2)21(26)22-14-17-10-6-5-7-11-17/h8-9,12-13,16-17H,4-7,10-11,14-15H2,1-3H3,(H,22,26)/t16-/m1/s1. The molecular formula is C21H32N4O. The van der Waals surface area contributed by atoms with E-state index in [0.29, 0.717) is 12.5 Å². The van der Waals surface area contributed by atoms with Gasteiger partial charge in [0.25, 0.3) is 0 Å². The molecule has 1 heterocycles. The average Bonchev–Trinajstić information content (AvgIpc) is 3.03. The van der Waals surface area contributed by atoms with Crippen molar-refractivity contribution in [1.82, 2.24) is 19.8 Å². The van der Waals surface area contributed by atoms with E-state index < -0.39 is 0 Å². The van der Waals surface area contributed by atoms with E-state index in [0.717, 1.165) is 29.9 Å². The van der Waals surface area contributed by atoms with Crippen molar-refractivity contribution >= 4 is 16.9 Å². The summed E-state index contributed by atoms with van der Waals surface area (Å²) in [5.41, 5.74) is 2.18. The first-order valence-electron chi connectivity index (χ1n) is 10.0. The number of amides is 1. The average molecular weight is 357 g/mol. The van der Waals surface area contributed by atoms with E-state index in [1.165, 1.54) is 32.1 Å². The van der Waals surface area contributed by atoms with Crippen LogP contribution < -0.4 is 5.32 Å². The van der Waals surface area contributed by atoms with Gasteiger partial charge < -0.3 is 9.88 Å².